The predicted octanol–water partition coefficient (Wildman–Crippen LogP) is 3.31. The van der Waals surface area contributed by atoms with Gasteiger partial charge in [0.15, 0.2) is 0 Å². The molecule has 1 aromatic heterocycles. The van der Waals surface area contributed by atoms with Crippen molar-refractivity contribution in [2.45, 2.75) is 122 Å². The first-order valence-electron chi connectivity index (χ1n) is 20.7. The molecule has 5 amide bonds. The quantitative estimate of drug-likeness (QED) is 0.200. The normalized spacial score (nSPS) is 24.8. The van der Waals surface area contributed by atoms with E-state index in [0.717, 1.165) is 56.1 Å². The summed E-state index contributed by atoms with van der Waals surface area (Å²) in [4.78, 5) is 93.9. The van der Waals surface area contributed by atoms with Crippen LogP contribution in [0.25, 0.3) is 0 Å². The Morgan fingerprint density at radius 3 is 2.23 bits per heavy atom. The fourth-order valence-corrected chi connectivity index (χ4v) is 9.92. The highest BCUT2D eigenvalue weighted by atomic mass is 16.2. The number of likely N-dealkylation sites (tertiary alicyclic amines) is 1. The van der Waals surface area contributed by atoms with Crippen LogP contribution in [0.5, 0.6) is 0 Å². The van der Waals surface area contributed by atoms with E-state index in [4.69, 9.17) is 0 Å². The van der Waals surface area contributed by atoms with Crippen LogP contribution in [0, 0.1) is 34.5 Å². The topological polar surface area (TPSA) is 180 Å². The number of piperidine rings is 1. The number of rotatable bonds is 15. The smallest absolute Gasteiger partial charge is 0.289 e. The van der Waals surface area contributed by atoms with Crippen molar-refractivity contribution in [3.05, 3.63) is 59.7 Å². The van der Waals surface area contributed by atoms with Crippen LogP contribution in [-0.4, -0.2) is 87.4 Å². The minimum absolute atomic E-state index is 0.0601. The fraction of sp³-hybridized carbons (Fsp3) is 0.628. The maximum atomic E-state index is 15.2. The highest BCUT2D eigenvalue weighted by molar-refractivity contribution is 6.38. The van der Waals surface area contributed by atoms with E-state index in [-0.39, 0.29) is 40.7 Å². The second-order valence-corrected chi connectivity index (χ2v) is 17.9. The van der Waals surface area contributed by atoms with E-state index in [1.54, 1.807) is 4.90 Å². The molecule has 13 heteroatoms. The number of fused-ring (bicyclic) bond motifs is 2. The Morgan fingerprint density at radius 1 is 0.911 bits per heavy atom. The van der Waals surface area contributed by atoms with Gasteiger partial charge in [0.05, 0.1) is 12.2 Å². The molecule has 2 heterocycles. The molecule has 7 rings (SSSR count). The summed E-state index contributed by atoms with van der Waals surface area (Å²) in [5.74, 6) is -3.25. The summed E-state index contributed by atoms with van der Waals surface area (Å²) >= 11 is 0. The number of benzene rings is 1. The summed E-state index contributed by atoms with van der Waals surface area (Å²) in [6, 6.07) is 4.23. The molecule has 0 bridgehead atoms. The van der Waals surface area contributed by atoms with Crippen molar-refractivity contribution in [3.8, 4) is 0 Å². The van der Waals surface area contributed by atoms with E-state index in [1.165, 1.54) is 18.6 Å². The number of carbonyl (C=O) groups is 6. The minimum atomic E-state index is -0.988. The zero-order valence-corrected chi connectivity index (χ0v) is 33.1. The summed E-state index contributed by atoms with van der Waals surface area (Å²) in [6.07, 6.45) is 12.6. The molecule has 1 aromatic carbocycles. The Hall–Kier alpha value is -4.68. The third-order valence-corrected chi connectivity index (χ3v) is 13.6. The summed E-state index contributed by atoms with van der Waals surface area (Å²) < 4.78 is 0. The molecule has 6 atom stereocenters. The van der Waals surface area contributed by atoms with E-state index in [0.29, 0.717) is 38.8 Å². The SMILES string of the molecule is CCCNC(=O)C(=O)C(CC1CC1)NC(=O)C1C2C(CN1C(=O)C(NC(=O)C(NC(=O)c1cnccn1)C1(C)CCCCC1)C1Cc3ccccc3C1)C2(C)C. The Morgan fingerprint density at radius 2 is 1.61 bits per heavy atom. The van der Waals surface area contributed by atoms with Gasteiger partial charge in [0.2, 0.25) is 23.5 Å². The molecule has 13 nitrogen and oxygen atoms in total. The van der Waals surface area contributed by atoms with Crippen LogP contribution in [0.2, 0.25) is 0 Å². The zero-order valence-electron chi connectivity index (χ0n) is 33.1. The number of aromatic nitrogens is 2. The van der Waals surface area contributed by atoms with Gasteiger partial charge in [-0.1, -0.05) is 84.1 Å². The van der Waals surface area contributed by atoms with Crippen LogP contribution in [0.1, 0.15) is 107 Å². The second-order valence-electron chi connectivity index (χ2n) is 17.9. The standard InChI is InChI=1S/C43H57N7O6/c1-5-17-46-39(54)35(51)30(20-25-13-14-25)47-38(53)34-32-29(42(32,2)3)24-50(34)41(56)33(28-21-26-11-7-8-12-27(26)22-28)48-40(55)36(43(4)15-9-6-10-16-43)49-37(52)31-23-44-18-19-45-31/h7-8,11-12,18-19,23,25,28-30,32-34,36H,5-6,9-10,13-17,20-22,24H2,1-4H3,(H,46,54)(H,47,53)(H,48,55)(H,49,52). The van der Waals surface area contributed by atoms with Crippen LogP contribution < -0.4 is 21.3 Å². The molecule has 1 aliphatic heterocycles. The van der Waals surface area contributed by atoms with Gasteiger partial charge in [0, 0.05) is 25.5 Å². The molecule has 1 saturated heterocycles. The highest BCUT2D eigenvalue weighted by Crippen LogP contribution is 2.65. The highest BCUT2D eigenvalue weighted by Gasteiger charge is 2.70. The van der Waals surface area contributed by atoms with Crippen LogP contribution in [0.4, 0.5) is 0 Å². The molecule has 4 fully saturated rings. The third kappa shape index (κ3) is 8.09. The van der Waals surface area contributed by atoms with Gasteiger partial charge < -0.3 is 26.2 Å². The number of amides is 5. The molecule has 6 unspecified atom stereocenters. The number of ketones is 1. The van der Waals surface area contributed by atoms with Crippen LogP contribution in [-0.2, 0) is 36.8 Å². The number of Topliss-reactive ketones (excluding diaryl/α,β-unsaturated/α-hetero) is 1. The molecule has 300 valence electrons. The number of nitrogens with zero attached hydrogens (tertiary/aromatic N) is 3. The lowest BCUT2D eigenvalue weighted by Gasteiger charge is -2.41. The number of hydrogen-bond donors (Lipinski definition) is 4. The average Bonchev–Trinajstić information content (AvgIpc) is 3.95. The van der Waals surface area contributed by atoms with Crippen molar-refractivity contribution in [3.63, 3.8) is 0 Å². The van der Waals surface area contributed by atoms with Crippen LogP contribution >= 0.6 is 0 Å². The number of hydrogen-bond acceptors (Lipinski definition) is 8. The first-order valence-corrected chi connectivity index (χ1v) is 20.7. The van der Waals surface area contributed by atoms with Gasteiger partial charge in [0.1, 0.15) is 23.8 Å². The zero-order chi connectivity index (χ0) is 39.8. The first-order chi connectivity index (χ1) is 26.8. The summed E-state index contributed by atoms with van der Waals surface area (Å²) in [7, 11) is 0. The van der Waals surface area contributed by atoms with E-state index in [2.05, 4.69) is 45.1 Å². The lowest BCUT2D eigenvalue weighted by atomic mass is 9.70. The van der Waals surface area contributed by atoms with Crippen molar-refractivity contribution < 1.29 is 28.8 Å². The second kappa shape index (κ2) is 16.1. The van der Waals surface area contributed by atoms with E-state index in [9.17, 15) is 24.0 Å². The molecule has 0 radical (unpaired) electrons. The summed E-state index contributed by atoms with van der Waals surface area (Å²) in [6.45, 7) is 8.81. The largest absolute Gasteiger partial charge is 0.349 e. The van der Waals surface area contributed by atoms with Crippen LogP contribution in [0.15, 0.2) is 42.9 Å². The molecule has 4 N–H and O–H groups in total. The van der Waals surface area contributed by atoms with E-state index >= 15 is 4.79 Å². The third-order valence-electron chi connectivity index (χ3n) is 13.6. The number of carbonyl (C=O) groups excluding carboxylic acids is 6. The Bertz CT molecular complexity index is 1820. The van der Waals surface area contributed by atoms with Gasteiger partial charge in [-0.25, -0.2) is 4.98 Å². The molecule has 2 aromatic rings. The maximum absolute atomic E-state index is 15.2. The maximum Gasteiger partial charge on any atom is 0.289 e. The Labute approximate surface area is 329 Å². The van der Waals surface area contributed by atoms with Crippen molar-refractivity contribution >= 4 is 35.3 Å². The van der Waals surface area contributed by atoms with Gasteiger partial charge in [-0.05, 0) is 84.2 Å². The van der Waals surface area contributed by atoms with E-state index in [1.807, 2.05) is 38.1 Å². The molecule has 0 spiro atoms. The Kier molecular flexibility index (Phi) is 11.3. The van der Waals surface area contributed by atoms with E-state index < -0.39 is 59.0 Å². The van der Waals surface area contributed by atoms with Gasteiger partial charge in [-0.2, -0.15) is 0 Å². The molecular formula is C43H57N7O6. The number of nitrogens with one attached hydrogen (secondary N) is 4. The molecule has 56 heavy (non-hydrogen) atoms. The lowest BCUT2D eigenvalue weighted by Crippen LogP contribution is -2.63. The van der Waals surface area contributed by atoms with Crippen molar-refractivity contribution in [1.82, 2.24) is 36.1 Å². The fourth-order valence-electron chi connectivity index (χ4n) is 9.92. The van der Waals surface area contributed by atoms with Gasteiger partial charge >= 0.3 is 0 Å². The van der Waals surface area contributed by atoms with Gasteiger partial charge in [0.25, 0.3) is 11.8 Å². The van der Waals surface area contributed by atoms with Crippen molar-refractivity contribution in [2.75, 3.05) is 13.1 Å². The predicted molar refractivity (Wildman–Crippen MR) is 208 cm³/mol. The lowest BCUT2D eigenvalue weighted by molar-refractivity contribution is -0.146. The minimum Gasteiger partial charge on any atom is -0.349 e. The molecule has 5 aliphatic rings. The van der Waals surface area contributed by atoms with Crippen LogP contribution in [0.3, 0.4) is 0 Å². The van der Waals surface area contributed by atoms with Gasteiger partial charge in [-0.15, -0.1) is 0 Å². The summed E-state index contributed by atoms with van der Waals surface area (Å²) in [5, 5.41) is 11.8. The molecule has 4 aliphatic carbocycles. The first kappa shape index (κ1) is 39.6. The van der Waals surface area contributed by atoms with Crippen molar-refractivity contribution in [2.24, 2.45) is 34.5 Å². The van der Waals surface area contributed by atoms with Crippen molar-refractivity contribution in [1.29, 1.82) is 0 Å². The average molecular weight is 768 g/mol. The molecule has 3 saturated carbocycles. The monoisotopic (exact) mass is 767 g/mol. The summed E-state index contributed by atoms with van der Waals surface area (Å²) in [5.41, 5.74) is 1.54. The van der Waals surface area contributed by atoms with Gasteiger partial charge in [-0.3, -0.25) is 33.8 Å². The molecular weight excluding hydrogens is 711 g/mol. The Balaban J connectivity index is 1.17.